The molecule has 1 aromatic carbocycles. The fourth-order valence-electron chi connectivity index (χ4n) is 3.83. The van der Waals surface area contributed by atoms with Crippen molar-refractivity contribution in [1.29, 1.82) is 0 Å². The Morgan fingerprint density at radius 1 is 1.06 bits per heavy atom. The minimum atomic E-state index is -0.266. The quantitative estimate of drug-likeness (QED) is 0.452. The molecule has 3 aromatic heterocycles. The molecule has 1 aliphatic heterocycles. The first-order valence-corrected chi connectivity index (χ1v) is 10.7. The highest BCUT2D eigenvalue weighted by Gasteiger charge is 2.22. The average molecular weight is 444 g/mol. The number of fused-ring (bicyclic) bond motifs is 1. The minimum Gasteiger partial charge on any atom is -0.378 e. The highest BCUT2D eigenvalue weighted by atomic mass is 16.5. The van der Waals surface area contributed by atoms with Crippen LogP contribution in [-0.4, -0.2) is 56.7 Å². The molecular weight excluding hydrogens is 420 g/mol. The number of pyridine rings is 1. The Balaban J connectivity index is 1.52. The molecule has 0 spiro atoms. The third kappa shape index (κ3) is 4.20. The third-order valence-electron chi connectivity index (χ3n) is 5.52. The number of benzene rings is 1. The number of morpholine rings is 1. The minimum absolute atomic E-state index is 0.266. The Hall–Kier alpha value is -4.05. The van der Waals surface area contributed by atoms with Gasteiger partial charge in [-0.25, -0.2) is 4.98 Å². The molecule has 0 saturated carbocycles. The first-order chi connectivity index (χ1) is 16.1. The van der Waals surface area contributed by atoms with Gasteiger partial charge >= 0.3 is 0 Å². The summed E-state index contributed by atoms with van der Waals surface area (Å²) in [4.78, 5) is 33.0. The van der Waals surface area contributed by atoms with Crippen molar-refractivity contribution in [2.24, 2.45) is 7.05 Å². The fraction of sp³-hybridized carbons (Fsp3) is 0.261. The number of hydrazine groups is 1. The van der Waals surface area contributed by atoms with Crippen LogP contribution in [0.4, 0.5) is 11.8 Å². The monoisotopic (exact) mass is 444 g/mol. The zero-order valence-corrected chi connectivity index (χ0v) is 18.4. The van der Waals surface area contributed by atoms with Gasteiger partial charge in [0.15, 0.2) is 17.0 Å². The summed E-state index contributed by atoms with van der Waals surface area (Å²) in [5.41, 5.74) is 9.43. The number of imidazole rings is 1. The molecular formula is C23H24N8O2. The molecule has 0 unspecified atom stereocenters. The number of hydrogen-bond donors (Lipinski definition) is 2. The first-order valence-electron chi connectivity index (χ1n) is 10.7. The molecule has 10 heteroatoms. The van der Waals surface area contributed by atoms with E-state index in [1.165, 1.54) is 0 Å². The number of nitrogens with zero attached hydrogens (tertiary/aromatic N) is 6. The molecule has 0 bridgehead atoms. The Morgan fingerprint density at radius 3 is 2.61 bits per heavy atom. The smallest absolute Gasteiger partial charge is 0.269 e. The second kappa shape index (κ2) is 8.83. The largest absolute Gasteiger partial charge is 0.378 e. The van der Waals surface area contributed by atoms with Crippen molar-refractivity contribution in [2.75, 3.05) is 36.6 Å². The Morgan fingerprint density at radius 2 is 1.85 bits per heavy atom. The van der Waals surface area contributed by atoms with Crippen LogP contribution in [0.1, 0.15) is 15.9 Å². The SMILES string of the molecule is Cc1cccc(C(=O)NNc2nc(N3CCOCC3)c3nc(-c4ccncc4)n(C)c3n2)c1. The topological polar surface area (TPSA) is 110 Å². The van der Waals surface area contributed by atoms with E-state index in [0.29, 0.717) is 48.8 Å². The molecule has 0 radical (unpaired) electrons. The second-order valence-electron chi connectivity index (χ2n) is 7.82. The molecule has 168 valence electrons. The normalized spacial score (nSPS) is 13.8. The van der Waals surface area contributed by atoms with Gasteiger partial charge in [-0.3, -0.25) is 20.6 Å². The number of rotatable bonds is 5. The van der Waals surface area contributed by atoms with Crippen molar-refractivity contribution >= 4 is 28.8 Å². The van der Waals surface area contributed by atoms with Gasteiger partial charge < -0.3 is 14.2 Å². The molecule has 5 rings (SSSR count). The number of aryl methyl sites for hydroxylation is 2. The lowest BCUT2D eigenvalue weighted by molar-refractivity contribution is 0.0962. The number of nitrogens with one attached hydrogen (secondary N) is 2. The summed E-state index contributed by atoms with van der Waals surface area (Å²) in [6.45, 7) is 4.56. The van der Waals surface area contributed by atoms with Crippen LogP contribution in [0, 0.1) is 6.92 Å². The molecule has 1 amide bonds. The van der Waals surface area contributed by atoms with E-state index in [1.54, 1.807) is 18.5 Å². The van der Waals surface area contributed by atoms with Crippen molar-refractivity contribution in [1.82, 2.24) is 29.9 Å². The number of ether oxygens (including phenoxy) is 1. The number of carbonyl (C=O) groups excluding carboxylic acids is 1. The molecule has 1 aliphatic rings. The average Bonchev–Trinajstić information content (AvgIpc) is 3.19. The highest BCUT2D eigenvalue weighted by molar-refractivity contribution is 5.95. The zero-order valence-electron chi connectivity index (χ0n) is 18.4. The van der Waals surface area contributed by atoms with Crippen molar-refractivity contribution in [3.8, 4) is 11.4 Å². The number of hydrogen-bond acceptors (Lipinski definition) is 8. The maximum Gasteiger partial charge on any atom is 0.269 e. The van der Waals surface area contributed by atoms with Crippen LogP contribution >= 0.6 is 0 Å². The highest BCUT2D eigenvalue weighted by Crippen LogP contribution is 2.29. The van der Waals surface area contributed by atoms with Crippen molar-refractivity contribution < 1.29 is 9.53 Å². The Bertz CT molecular complexity index is 1300. The van der Waals surface area contributed by atoms with Gasteiger partial charge in [-0.2, -0.15) is 9.97 Å². The molecule has 10 nitrogen and oxygen atoms in total. The van der Waals surface area contributed by atoms with Crippen LogP contribution in [0.3, 0.4) is 0 Å². The molecule has 1 fully saturated rings. The molecule has 4 aromatic rings. The standard InChI is InChI=1S/C23H24N8O2/c1-15-4-3-5-17(14-15)22(32)28-29-23-26-20-18(21(27-23)31-10-12-33-13-11-31)25-19(30(20)2)16-6-8-24-9-7-16/h3-9,14H,10-13H2,1-2H3,(H,28,32)(H,26,27,29). The summed E-state index contributed by atoms with van der Waals surface area (Å²) in [7, 11) is 1.91. The predicted octanol–water partition coefficient (Wildman–Crippen LogP) is 2.33. The Kier molecular flexibility index (Phi) is 5.57. The lowest BCUT2D eigenvalue weighted by Gasteiger charge is -2.28. The molecule has 2 N–H and O–H groups in total. The lowest BCUT2D eigenvalue weighted by atomic mass is 10.1. The molecule has 0 atom stereocenters. The van der Waals surface area contributed by atoms with Crippen LogP contribution in [-0.2, 0) is 11.8 Å². The van der Waals surface area contributed by atoms with E-state index in [9.17, 15) is 4.79 Å². The summed E-state index contributed by atoms with van der Waals surface area (Å²) in [5.74, 6) is 1.48. The van der Waals surface area contributed by atoms with Crippen molar-refractivity contribution in [3.05, 3.63) is 59.9 Å². The van der Waals surface area contributed by atoms with E-state index in [4.69, 9.17) is 14.7 Å². The van der Waals surface area contributed by atoms with E-state index in [0.717, 1.165) is 17.0 Å². The van der Waals surface area contributed by atoms with Gasteiger partial charge in [-0.15, -0.1) is 0 Å². The first kappa shape index (κ1) is 20.8. The van der Waals surface area contributed by atoms with E-state index in [-0.39, 0.29) is 11.9 Å². The van der Waals surface area contributed by atoms with Gasteiger partial charge in [0.05, 0.1) is 13.2 Å². The van der Waals surface area contributed by atoms with Crippen LogP contribution in [0.15, 0.2) is 48.8 Å². The van der Waals surface area contributed by atoms with Crippen LogP contribution in [0.2, 0.25) is 0 Å². The van der Waals surface area contributed by atoms with E-state index in [2.05, 4.69) is 25.7 Å². The van der Waals surface area contributed by atoms with E-state index < -0.39 is 0 Å². The van der Waals surface area contributed by atoms with Gasteiger partial charge in [0.2, 0.25) is 5.95 Å². The maximum absolute atomic E-state index is 12.6. The van der Waals surface area contributed by atoms with Gasteiger partial charge in [0, 0.05) is 43.7 Å². The van der Waals surface area contributed by atoms with Crippen LogP contribution < -0.4 is 15.8 Å². The van der Waals surface area contributed by atoms with E-state index >= 15 is 0 Å². The van der Waals surface area contributed by atoms with Crippen molar-refractivity contribution in [3.63, 3.8) is 0 Å². The van der Waals surface area contributed by atoms with Gasteiger partial charge in [0.25, 0.3) is 5.91 Å². The predicted molar refractivity (Wildman–Crippen MR) is 125 cm³/mol. The number of carbonyl (C=O) groups is 1. The van der Waals surface area contributed by atoms with E-state index in [1.807, 2.05) is 48.9 Å². The molecule has 0 aliphatic carbocycles. The summed E-state index contributed by atoms with van der Waals surface area (Å²) in [6, 6.07) is 11.2. The van der Waals surface area contributed by atoms with Gasteiger partial charge in [-0.1, -0.05) is 17.7 Å². The second-order valence-corrected chi connectivity index (χ2v) is 7.82. The summed E-state index contributed by atoms with van der Waals surface area (Å²) in [6.07, 6.45) is 3.47. The summed E-state index contributed by atoms with van der Waals surface area (Å²) in [5, 5.41) is 0. The number of aromatic nitrogens is 5. The van der Waals surface area contributed by atoms with Gasteiger partial charge in [0.1, 0.15) is 5.82 Å². The molecule has 4 heterocycles. The van der Waals surface area contributed by atoms with Gasteiger partial charge in [-0.05, 0) is 31.2 Å². The Labute approximate surface area is 190 Å². The molecule has 33 heavy (non-hydrogen) atoms. The lowest BCUT2D eigenvalue weighted by Crippen LogP contribution is -2.37. The zero-order chi connectivity index (χ0) is 22.8. The van der Waals surface area contributed by atoms with Crippen LogP contribution in [0.5, 0.6) is 0 Å². The third-order valence-corrected chi connectivity index (χ3v) is 5.52. The maximum atomic E-state index is 12.6. The van der Waals surface area contributed by atoms with Crippen molar-refractivity contribution in [2.45, 2.75) is 6.92 Å². The van der Waals surface area contributed by atoms with Crippen LogP contribution in [0.25, 0.3) is 22.6 Å². The number of amides is 1. The number of anilines is 2. The fourth-order valence-corrected chi connectivity index (χ4v) is 3.83. The summed E-state index contributed by atoms with van der Waals surface area (Å²) < 4.78 is 7.43. The molecule has 1 saturated heterocycles. The summed E-state index contributed by atoms with van der Waals surface area (Å²) >= 11 is 0.